The van der Waals surface area contributed by atoms with Gasteiger partial charge in [0, 0.05) is 43.3 Å². The lowest BCUT2D eigenvalue weighted by Crippen LogP contribution is -2.41. The number of hydrogen-bond acceptors (Lipinski definition) is 8. The number of nitrogens with zero attached hydrogens (tertiary/aromatic N) is 6. The summed E-state index contributed by atoms with van der Waals surface area (Å²) in [6.45, 7) is 2.28. The average Bonchev–Trinajstić information content (AvgIpc) is 3.50. The number of rotatable bonds is 6. The zero-order valence-electron chi connectivity index (χ0n) is 20.9. The number of nitrogens with two attached hydrogens (primary N) is 1. The largest absolute Gasteiger partial charge is 0.480 e. The van der Waals surface area contributed by atoms with Crippen LogP contribution in [0.1, 0.15) is 34.5 Å². The van der Waals surface area contributed by atoms with E-state index in [1.807, 2.05) is 17.9 Å². The van der Waals surface area contributed by atoms with E-state index in [9.17, 15) is 22.4 Å². The SMILES string of the molecule is COc1ncc(-c2cc(C(F)(F)F)c3c(N)ncnn23)cc1C(=O)N[C@@H]1CN([C@@H](C)c2cccnc2)C[C@@H]1F. The predicted molar refractivity (Wildman–Crippen MR) is 133 cm³/mol. The maximum Gasteiger partial charge on any atom is 0.418 e. The Morgan fingerprint density at radius 2 is 2.03 bits per heavy atom. The number of fused-ring (bicyclic) bond motifs is 1. The highest BCUT2D eigenvalue weighted by Gasteiger charge is 2.38. The quantitative estimate of drug-likeness (QED) is 0.355. The molecule has 1 fully saturated rings. The number of anilines is 1. The normalized spacial score (nSPS) is 18.8. The molecule has 5 heterocycles. The Labute approximate surface area is 219 Å². The first-order valence-electron chi connectivity index (χ1n) is 11.9. The maximum absolute atomic E-state index is 15.0. The van der Waals surface area contributed by atoms with Crippen LogP contribution in [0.3, 0.4) is 0 Å². The summed E-state index contributed by atoms with van der Waals surface area (Å²) in [6, 6.07) is 4.92. The minimum atomic E-state index is -4.74. The van der Waals surface area contributed by atoms with Crippen LogP contribution in [0.2, 0.25) is 0 Å². The molecular formula is C25H24F4N8O2. The highest BCUT2D eigenvalue weighted by molar-refractivity contribution is 5.98. The smallest absolute Gasteiger partial charge is 0.418 e. The van der Waals surface area contributed by atoms with Crippen molar-refractivity contribution >= 4 is 17.2 Å². The Bertz CT molecular complexity index is 1510. The number of alkyl halides is 4. The first kappa shape index (κ1) is 26.3. The molecule has 4 aromatic rings. The van der Waals surface area contributed by atoms with E-state index >= 15 is 0 Å². The first-order valence-corrected chi connectivity index (χ1v) is 11.9. The molecule has 204 valence electrons. The van der Waals surface area contributed by atoms with E-state index < -0.39 is 35.4 Å². The summed E-state index contributed by atoms with van der Waals surface area (Å²) in [5.41, 5.74) is 5.23. The fourth-order valence-corrected chi connectivity index (χ4v) is 4.73. The number of aromatic nitrogens is 5. The molecule has 39 heavy (non-hydrogen) atoms. The summed E-state index contributed by atoms with van der Waals surface area (Å²) in [7, 11) is 1.30. The van der Waals surface area contributed by atoms with E-state index in [1.165, 1.54) is 19.4 Å². The monoisotopic (exact) mass is 544 g/mol. The van der Waals surface area contributed by atoms with Crippen LogP contribution in [0.4, 0.5) is 23.4 Å². The summed E-state index contributed by atoms with van der Waals surface area (Å²) in [5.74, 6) is -1.12. The second-order valence-electron chi connectivity index (χ2n) is 9.14. The lowest BCUT2D eigenvalue weighted by molar-refractivity contribution is -0.136. The maximum atomic E-state index is 15.0. The molecule has 10 nitrogen and oxygen atoms in total. The van der Waals surface area contributed by atoms with Gasteiger partial charge in [-0.3, -0.25) is 14.7 Å². The molecule has 1 saturated heterocycles. The van der Waals surface area contributed by atoms with Crippen LogP contribution in [0, 0.1) is 0 Å². The van der Waals surface area contributed by atoms with Crippen molar-refractivity contribution in [1.82, 2.24) is 34.8 Å². The number of halogens is 4. The zero-order valence-corrected chi connectivity index (χ0v) is 20.9. The van der Waals surface area contributed by atoms with Gasteiger partial charge in [0.25, 0.3) is 5.91 Å². The van der Waals surface area contributed by atoms with Crippen LogP contribution in [-0.4, -0.2) is 67.8 Å². The van der Waals surface area contributed by atoms with Crippen molar-refractivity contribution in [1.29, 1.82) is 0 Å². The third-order valence-corrected chi connectivity index (χ3v) is 6.78. The molecule has 0 unspecified atom stereocenters. The van der Waals surface area contributed by atoms with E-state index in [2.05, 4.69) is 25.4 Å². The Morgan fingerprint density at radius 3 is 2.72 bits per heavy atom. The van der Waals surface area contributed by atoms with E-state index in [-0.39, 0.29) is 47.7 Å². The molecule has 0 saturated carbocycles. The number of nitrogen functional groups attached to an aromatic ring is 1. The molecule has 3 atom stereocenters. The van der Waals surface area contributed by atoms with Crippen molar-refractivity contribution in [3.8, 4) is 17.1 Å². The van der Waals surface area contributed by atoms with Crippen molar-refractivity contribution in [3.63, 3.8) is 0 Å². The minimum absolute atomic E-state index is 0.0173. The van der Waals surface area contributed by atoms with Crippen LogP contribution in [0.5, 0.6) is 5.88 Å². The fourth-order valence-electron chi connectivity index (χ4n) is 4.73. The van der Waals surface area contributed by atoms with Crippen molar-refractivity contribution in [2.24, 2.45) is 0 Å². The minimum Gasteiger partial charge on any atom is -0.480 e. The van der Waals surface area contributed by atoms with E-state index in [0.717, 1.165) is 22.5 Å². The van der Waals surface area contributed by atoms with Crippen LogP contribution in [0.15, 0.2) is 49.2 Å². The van der Waals surface area contributed by atoms with Crippen molar-refractivity contribution < 1.29 is 27.1 Å². The molecule has 4 aromatic heterocycles. The predicted octanol–water partition coefficient (Wildman–Crippen LogP) is 3.31. The van der Waals surface area contributed by atoms with E-state index in [0.29, 0.717) is 0 Å². The van der Waals surface area contributed by atoms with E-state index in [1.54, 1.807) is 18.5 Å². The van der Waals surface area contributed by atoms with Gasteiger partial charge in [0.15, 0.2) is 5.82 Å². The van der Waals surface area contributed by atoms with Gasteiger partial charge < -0.3 is 15.8 Å². The number of carbonyl (C=O) groups is 1. The molecule has 1 aliphatic rings. The van der Waals surface area contributed by atoms with Crippen molar-refractivity contribution in [3.05, 3.63) is 65.9 Å². The summed E-state index contributed by atoms with van der Waals surface area (Å²) in [6.07, 6.45) is -0.449. The summed E-state index contributed by atoms with van der Waals surface area (Å²) < 4.78 is 62.4. The van der Waals surface area contributed by atoms with Gasteiger partial charge >= 0.3 is 6.18 Å². The zero-order chi connectivity index (χ0) is 27.9. The van der Waals surface area contributed by atoms with Crippen LogP contribution in [-0.2, 0) is 6.18 Å². The second kappa shape index (κ2) is 10.1. The van der Waals surface area contributed by atoms with Gasteiger partial charge in [-0.1, -0.05) is 6.07 Å². The molecule has 14 heteroatoms. The summed E-state index contributed by atoms with van der Waals surface area (Å²) >= 11 is 0. The molecule has 0 spiro atoms. The number of likely N-dealkylation sites (tertiary alicyclic amines) is 1. The molecule has 0 bridgehead atoms. The number of nitrogens with one attached hydrogen (secondary N) is 1. The fraction of sp³-hybridized carbons (Fsp3) is 0.320. The average molecular weight is 545 g/mol. The molecule has 1 amide bonds. The first-order chi connectivity index (χ1) is 18.6. The Balaban J connectivity index is 1.44. The lowest BCUT2D eigenvalue weighted by Gasteiger charge is -2.24. The van der Waals surface area contributed by atoms with Gasteiger partial charge in [-0.25, -0.2) is 18.9 Å². The standard InChI is InChI=1S/C25H24F4N8O2/c1-13(14-4-3-5-31-8-14)36-10-18(26)19(11-36)35-23(38)16-6-15(9-32-24(16)39-2)20-7-17(25(27,28)29)21-22(30)33-12-34-37(20)21/h3-9,12-13,18-19H,10-11H2,1-2H3,(H,35,38)(H2,30,33,34)/t13-,18-,19+/m0/s1. The second-order valence-corrected chi connectivity index (χ2v) is 9.14. The Hall–Kier alpha value is -4.33. The van der Waals surface area contributed by atoms with Crippen molar-refractivity contribution in [2.75, 3.05) is 25.9 Å². The molecule has 3 N–H and O–H groups in total. The van der Waals surface area contributed by atoms with Crippen LogP contribution >= 0.6 is 0 Å². The van der Waals surface area contributed by atoms with E-state index in [4.69, 9.17) is 10.5 Å². The number of amides is 1. The van der Waals surface area contributed by atoms with Crippen LogP contribution in [0.25, 0.3) is 16.8 Å². The number of methoxy groups -OCH3 is 1. The number of hydrogen-bond donors (Lipinski definition) is 2. The lowest BCUT2D eigenvalue weighted by atomic mass is 10.1. The molecule has 1 aliphatic heterocycles. The van der Waals surface area contributed by atoms with Gasteiger partial charge in [0.05, 0.1) is 24.4 Å². The number of pyridine rings is 2. The van der Waals surface area contributed by atoms with Gasteiger partial charge in [-0.15, -0.1) is 0 Å². The molecule has 0 aromatic carbocycles. The third-order valence-electron chi connectivity index (χ3n) is 6.78. The van der Waals surface area contributed by atoms with Crippen molar-refractivity contribution in [2.45, 2.75) is 31.4 Å². The molecule has 5 rings (SSSR count). The Morgan fingerprint density at radius 1 is 1.23 bits per heavy atom. The third kappa shape index (κ3) is 4.94. The highest BCUT2D eigenvalue weighted by atomic mass is 19.4. The number of ether oxygens (including phenoxy) is 1. The highest BCUT2D eigenvalue weighted by Crippen LogP contribution is 2.39. The molecule has 0 aliphatic carbocycles. The Kier molecular flexibility index (Phi) is 6.80. The summed E-state index contributed by atoms with van der Waals surface area (Å²) in [4.78, 5) is 27.1. The molecular weight excluding hydrogens is 520 g/mol. The van der Waals surface area contributed by atoms with Crippen LogP contribution < -0.4 is 15.8 Å². The topological polar surface area (TPSA) is 124 Å². The van der Waals surface area contributed by atoms with Gasteiger partial charge in [0.2, 0.25) is 5.88 Å². The molecule has 0 radical (unpaired) electrons. The summed E-state index contributed by atoms with van der Waals surface area (Å²) in [5, 5.41) is 6.61. The van der Waals surface area contributed by atoms with Gasteiger partial charge in [-0.2, -0.15) is 18.3 Å². The number of carbonyl (C=O) groups excluding carboxylic acids is 1. The van der Waals surface area contributed by atoms with Gasteiger partial charge in [0.1, 0.15) is 23.6 Å². The van der Waals surface area contributed by atoms with Gasteiger partial charge in [-0.05, 0) is 30.7 Å².